The lowest BCUT2D eigenvalue weighted by atomic mass is 10.0. The fourth-order valence-electron chi connectivity index (χ4n) is 3.34. The van der Waals surface area contributed by atoms with E-state index in [9.17, 15) is 9.59 Å². The lowest BCUT2D eigenvalue weighted by Gasteiger charge is -2.21. The first kappa shape index (κ1) is 20.8. The molecule has 1 atom stereocenters. The van der Waals surface area contributed by atoms with Crippen molar-refractivity contribution >= 4 is 29.1 Å². The Morgan fingerprint density at radius 1 is 0.903 bits per heavy atom. The van der Waals surface area contributed by atoms with Gasteiger partial charge in [-0.1, -0.05) is 54.1 Å². The van der Waals surface area contributed by atoms with Gasteiger partial charge in [-0.05, 0) is 29.8 Å². The topological polar surface area (TPSA) is 76.7 Å². The minimum Gasteiger partial charge on any atom is -0.486 e. The molecule has 1 unspecified atom stereocenters. The van der Waals surface area contributed by atoms with Crippen molar-refractivity contribution in [3.8, 4) is 11.5 Å². The number of carbonyl (C=O) groups is 2. The van der Waals surface area contributed by atoms with Crippen LogP contribution in [0.25, 0.3) is 0 Å². The van der Waals surface area contributed by atoms with Crippen LogP contribution in [0.1, 0.15) is 28.4 Å². The van der Waals surface area contributed by atoms with Crippen LogP contribution in [-0.4, -0.2) is 25.0 Å². The first-order valence-corrected chi connectivity index (χ1v) is 10.3. The van der Waals surface area contributed by atoms with Crippen molar-refractivity contribution in [1.29, 1.82) is 0 Å². The van der Waals surface area contributed by atoms with E-state index >= 15 is 0 Å². The van der Waals surface area contributed by atoms with E-state index in [1.54, 1.807) is 42.5 Å². The van der Waals surface area contributed by atoms with Crippen LogP contribution in [-0.2, 0) is 4.79 Å². The van der Waals surface area contributed by atoms with E-state index in [1.165, 1.54) is 0 Å². The Morgan fingerprint density at radius 2 is 1.61 bits per heavy atom. The van der Waals surface area contributed by atoms with Gasteiger partial charge in [0.2, 0.25) is 5.91 Å². The number of anilines is 1. The Balaban J connectivity index is 1.49. The number of hydrogen-bond acceptors (Lipinski definition) is 4. The quantitative estimate of drug-likeness (QED) is 0.591. The maximum Gasteiger partial charge on any atom is 0.253 e. The molecule has 3 aromatic rings. The Hall–Kier alpha value is -3.51. The molecule has 0 bridgehead atoms. The summed E-state index contributed by atoms with van der Waals surface area (Å²) >= 11 is 6.16. The molecule has 1 heterocycles. The largest absolute Gasteiger partial charge is 0.486 e. The molecular formula is C24H21ClN2O4. The van der Waals surface area contributed by atoms with Gasteiger partial charge in [0.25, 0.3) is 5.91 Å². The number of carbonyl (C=O) groups excluding carboxylic acids is 2. The molecule has 2 N–H and O–H groups in total. The van der Waals surface area contributed by atoms with Gasteiger partial charge in [0.05, 0.1) is 23.0 Å². The maximum absolute atomic E-state index is 12.8. The zero-order valence-corrected chi connectivity index (χ0v) is 17.4. The van der Waals surface area contributed by atoms with Crippen LogP contribution in [0.15, 0.2) is 72.8 Å². The number of rotatable bonds is 6. The first-order valence-electron chi connectivity index (χ1n) is 9.90. The molecule has 0 aromatic heterocycles. The van der Waals surface area contributed by atoms with Crippen molar-refractivity contribution in [1.82, 2.24) is 5.32 Å². The molecule has 0 fully saturated rings. The van der Waals surface area contributed by atoms with Crippen molar-refractivity contribution in [3.05, 3.63) is 88.9 Å². The molecule has 0 radical (unpaired) electrons. The average molecular weight is 437 g/mol. The van der Waals surface area contributed by atoms with Gasteiger partial charge in [-0.2, -0.15) is 0 Å². The molecule has 7 heteroatoms. The summed E-state index contributed by atoms with van der Waals surface area (Å²) < 4.78 is 11.1. The number of benzene rings is 3. The lowest BCUT2D eigenvalue weighted by molar-refractivity contribution is -0.116. The smallest absolute Gasteiger partial charge is 0.253 e. The van der Waals surface area contributed by atoms with Crippen LogP contribution in [0.3, 0.4) is 0 Å². The van der Waals surface area contributed by atoms with Gasteiger partial charge in [0, 0.05) is 11.8 Å². The lowest BCUT2D eigenvalue weighted by Crippen LogP contribution is -2.31. The molecule has 0 saturated carbocycles. The molecule has 6 nitrogen and oxygen atoms in total. The van der Waals surface area contributed by atoms with Crippen molar-refractivity contribution in [2.75, 3.05) is 18.5 Å². The molecule has 31 heavy (non-hydrogen) atoms. The Kier molecular flexibility index (Phi) is 6.38. The highest BCUT2D eigenvalue weighted by Crippen LogP contribution is 2.32. The monoisotopic (exact) mass is 436 g/mol. The highest BCUT2D eigenvalue weighted by atomic mass is 35.5. The number of hydrogen-bond donors (Lipinski definition) is 2. The van der Waals surface area contributed by atoms with E-state index in [0.717, 1.165) is 5.56 Å². The number of nitrogens with one attached hydrogen (secondary N) is 2. The van der Waals surface area contributed by atoms with Crippen molar-refractivity contribution in [2.24, 2.45) is 0 Å². The zero-order chi connectivity index (χ0) is 21.6. The van der Waals surface area contributed by atoms with Gasteiger partial charge < -0.3 is 20.1 Å². The Bertz CT molecular complexity index is 1090. The van der Waals surface area contributed by atoms with Crippen LogP contribution in [0.5, 0.6) is 11.5 Å². The van der Waals surface area contributed by atoms with E-state index in [1.807, 2.05) is 30.3 Å². The number of halogens is 1. The molecule has 158 valence electrons. The third kappa shape index (κ3) is 5.16. The molecule has 1 aliphatic rings. The fraction of sp³-hybridized carbons (Fsp3) is 0.167. The summed E-state index contributed by atoms with van der Waals surface area (Å²) in [6, 6.07) is 20.9. The van der Waals surface area contributed by atoms with E-state index in [2.05, 4.69) is 10.6 Å². The van der Waals surface area contributed by atoms with Gasteiger partial charge >= 0.3 is 0 Å². The Labute approximate surface area is 185 Å². The normalized spacial score (nSPS) is 13.2. The van der Waals surface area contributed by atoms with Crippen molar-refractivity contribution in [3.63, 3.8) is 0 Å². The van der Waals surface area contributed by atoms with Crippen molar-refractivity contribution in [2.45, 2.75) is 12.5 Å². The predicted octanol–water partition coefficient (Wildman–Crippen LogP) is 4.61. The zero-order valence-electron chi connectivity index (χ0n) is 16.6. The highest BCUT2D eigenvalue weighted by Gasteiger charge is 2.21. The highest BCUT2D eigenvalue weighted by molar-refractivity contribution is 6.33. The van der Waals surface area contributed by atoms with Crippen molar-refractivity contribution < 1.29 is 19.1 Å². The average Bonchev–Trinajstić information content (AvgIpc) is 2.79. The second-order valence-electron chi connectivity index (χ2n) is 7.03. The summed E-state index contributed by atoms with van der Waals surface area (Å²) in [6.45, 7) is 0.969. The van der Waals surface area contributed by atoms with Crippen LogP contribution < -0.4 is 20.1 Å². The van der Waals surface area contributed by atoms with E-state index in [4.69, 9.17) is 21.1 Å². The van der Waals surface area contributed by atoms with Gasteiger partial charge in [-0.3, -0.25) is 9.59 Å². The minimum absolute atomic E-state index is 0.0502. The number of amides is 2. The van der Waals surface area contributed by atoms with E-state index < -0.39 is 6.04 Å². The predicted molar refractivity (Wildman–Crippen MR) is 119 cm³/mol. The third-order valence-corrected chi connectivity index (χ3v) is 5.17. The maximum atomic E-state index is 12.8. The molecule has 2 amide bonds. The molecule has 3 aromatic carbocycles. The molecule has 0 saturated heterocycles. The molecule has 4 rings (SSSR count). The van der Waals surface area contributed by atoms with Crippen LogP contribution >= 0.6 is 11.6 Å². The summed E-state index contributed by atoms with van der Waals surface area (Å²) in [5, 5.41) is 6.15. The van der Waals surface area contributed by atoms with E-state index in [0.29, 0.717) is 41.0 Å². The Morgan fingerprint density at radius 3 is 2.39 bits per heavy atom. The second-order valence-corrected chi connectivity index (χ2v) is 7.43. The summed E-state index contributed by atoms with van der Waals surface area (Å²) in [6.07, 6.45) is 0.0502. The van der Waals surface area contributed by atoms with E-state index in [-0.39, 0.29) is 18.2 Å². The minimum atomic E-state index is -0.526. The second kappa shape index (κ2) is 9.53. The molecule has 1 aliphatic heterocycles. The van der Waals surface area contributed by atoms with Crippen LogP contribution in [0.2, 0.25) is 5.02 Å². The van der Waals surface area contributed by atoms with Gasteiger partial charge in [-0.15, -0.1) is 0 Å². The fourth-order valence-corrected chi connectivity index (χ4v) is 3.56. The number of ether oxygens (including phenoxy) is 2. The standard InChI is InChI=1S/C24H21ClN2O4/c25-19-9-5-4-8-18(19)24(29)27-20(16-6-2-1-3-7-16)15-23(28)26-17-10-11-21-22(14-17)31-13-12-30-21/h1-11,14,20H,12-13,15H2,(H,26,28)(H,27,29). The van der Waals surface area contributed by atoms with Gasteiger partial charge in [0.1, 0.15) is 13.2 Å². The van der Waals surface area contributed by atoms with Crippen LogP contribution in [0.4, 0.5) is 5.69 Å². The summed E-state index contributed by atoms with van der Waals surface area (Å²) in [4.78, 5) is 25.6. The van der Waals surface area contributed by atoms with Gasteiger partial charge in [-0.25, -0.2) is 0 Å². The summed E-state index contributed by atoms with van der Waals surface area (Å²) in [5.74, 6) is 0.658. The summed E-state index contributed by atoms with van der Waals surface area (Å²) in [7, 11) is 0. The molecule has 0 aliphatic carbocycles. The molecule has 0 spiro atoms. The first-order chi connectivity index (χ1) is 15.1. The van der Waals surface area contributed by atoms with Gasteiger partial charge in [0.15, 0.2) is 11.5 Å². The molecular weight excluding hydrogens is 416 g/mol. The third-order valence-electron chi connectivity index (χ3n) is 4.84. The SMILES string of the molecule is O=C(CC(NC(=O)c1ccccc1Cl)c1ccccc1)Nc1ccc2c(c1)OCCO2. The van der Waals surface area contributed by atoms with Crippen LogP contribution in [0, 0.1) is 0 Å². The summed E-state index contributed by atoms with van der Waals surface area (Å²) in [5.41, 5.74) is 1.77. The number of fused-ring (bicyclic) bond motifs is 1.